The molecule has 3 rings (SSSR count). The van der Waals surface area contributed by atoms with Crippen molar-refractivity contribution >= 4 is 10.0 Å². The highest BCUT2D eigenvalue weighted by molar-refractivity contribution is 7.89. The number of rotatable bonds is 5. The predicted octanol–water partition coefficient (Wildman–Crippen LogP) is 0.414. The highest BCUT2D eigenvalue weighted by Crippen LogP contribution is 2.33. The van der Waals surface area contributed by atoms with Gasteiger partial charge >= 0.3 is 0 Å². The lowest BCUT2D eigenvalue weighted by Crippen LogP contribution is -2.41. The van der Waals surface area contributed by atoms with E-state index in [0.717, 1.165) is 13.1 Å². The van der Waals surface area contributed by atoms with Crippen molar-refractivity contribution in [1.29, 1.82) is 0 Å². The lowest BCUT2D eigenvalue weighted by molar-refractivity contribution is -0.0222. The second-order valence-electron chi connectivity index (χ2n) is 5.46. The number of ether oxygens (including phenoxy) is 3. The van der Waals surface area contributed by atoms with E-state index in [9.17, 15) is 8.42 Å². The van der Waals surface area contributed by atoms with Gasteiger partial charge in [-0.2, -0.15) is 0 Å². The molecule has 0 radical (unpaired) electrons. The fourth-order valence-electron chi connectivity index (χ4n) is 2.52. The van der Waals surface area contributed by atoms with Gasteiger partial charge in [-0.3, -0.25) is 0 Å². The van der Waals surface area contributed by atoms with Gasteiger partial charge in [-0.15, -0.1) is 0 Å². The summed E-state index contributed by atoms with van der Waals surface area (Å²) in [7, 11) is -1.52. The van der Waals surface area contributed by atoms with E-state index in [1.807, 2.05) is 7.05 Å². The zero-order valence-corrected chi connectivity index (χ0v) is 13.3. The summed E-state index contributed by atoms with van der Waals surface area (Å²) in [5.74, 6) is 1.03. The van der Waals surface area contributed by atoms with Crippen LogP contribution in [0.5, 0.6) is 11.5 Å². The Hall–Kier alpha value is -1.35. The molecule has 0 amide bonds. The zero-order chi connectivity index (χ0) is 15.6. The maximum Gasteiger partial charge on any atom is 0.240 e. The molecule has 1 aromatic rings. The molecule has 0 saturated carbocycles. The molecule has 1 N–H and O–H groups in total. The Balaban J connectivity index is 1.57. The van der Waals surface area contributed by atoms with E-state index in [2.05, 4.69) is 9.62 Å². The van der Waals surface area contributed by atoms with Crippen LogP contribution in [0.2, 0.25) is 0 Å². The van der Waals surface area contributed by atoms with Gasteiger partial charge in [0.05, 0.1) is 17.6 Å². The molecule has 0 aliphatic carbocycles. The maximum atomic E-state index is 12.3. The summed E-state index contributed by atoms with van der Waals surface area (Å²) in [4.78, 5) is 2.36. The summed E-state index contributed by atoms with van der Waals surface area (Å²) in [6.07, 6.45) is 0.715. The summed E-state index contributed by atoms with van der Waals surface area (Å²) >= 11 is 0. The van der Waals surface area contributed by atoms with Crippen LogP contribution in [0.1, 0.15) is 6.42 Å². The third kappa shape index (κ3) is 3.52. The summed E-state index contributed by atoms with van der Waals surface area (Å²) < 4.78 is 43.2. The van der Waals surface area contributed by atoms with E-state index in [1.165, 1.54) is 12.1 Å². The van der Waals surface area contributed by atoms with Gasteiger partial charge in [-0.25, -0.2) is 13.1 Å². The second kappa shape index (κ2) is 6.41. The Morgan fingerprint density at radius 1 is 1.32 bits per heavy atom. The molecule has 0 aromatic heterocycles. The zero-order valence-electron chi connectivity index (χ0n) is 12.4. The summed E-state index contributed by atoms with van der Waals surface area (Å²) in [6, 6.07) is 4.60. The molecule has 7 nitrogen and oxygen atoms in total. The Morgan fingerprint density at radius 3 is 2.95 bits per heavy atom. The number of benzene rings is 1. The number of hydrogen-bond donors (Lipinski definition) is 1. The van der Waals surface area contributed by atoms with Crippen LogP contribution in [0.25, 0.3) is 0 Å². The van der Waals surface area contributed by atoms with Gasteiger partial charge in [0.15, 0.2) is 11.5 Å². The highest BCUT2D eigenvalue weighted by Gasteiger charge is 2.22. The first-order valence-corrected chi connectivity index (χ1v) is 8.72. The van der Waals surface area contributed by atoms with E-state index in [1.54, 1.807) is 6.07 Å². The van der Waals surface area contributed by atoms with Crippen molar-refractivity contribution < 1.29 is 22.6 Å². The molecule has 0 spiro atoms. The minimum atomic E-state index is -3.55. The van der Waals surface area contributed by atoms with Gasteiger partial charge in [-0.05, 0) is 25.6 Å². The number of sulfonamides is 1. The molecule has 1 aromatic carbocycles. The average Bonchev–Trinajstić information content (AvgIpc) is 2.94. The molecule has 1 unspecified atom stereocenters. The highest BCUT2D eigenvalue weighted by atomic mass is 32.2. The van der Waals surface area contributed by atoms with Gasteiger partial charge < -0.3 is 19.1 Å². The minimum absolute atomic E-state index is 0.0678. The van der Waals surface area contributed by atoms with Gasteiger partial charge in [0, 0.05) is 25.7 Å². The molecule has 1 atom stereocenters. The Kier molecular flexibility index (Phi) is 4.53. The van der Waals surface area contributed by atoms with Crippen LogP contribution in [0.4, 0.5) is 0 Å². The SMILES string of the molecule is CN1CCOC(CCNS(=O)(=O)c2ccc3c(c2)OCO3)C1. The van der Waals surface area contributed by atoms with Crippen molar-refractivity contribution in [3.63, 3.8) is 0 Å². The van der Waals surface area contributed by atoms with Crippen molar-refractivity contribution in [2.45, 2.75) is 17.4 Å². The molecule has 1 fully saturated rings. The lowest BCUT2D eigenvalue weighted by Gasteiger charge is -2.30. The van der Waals surface area contributed by atoms with Crippen LogP contribution in [0.3, 0.4) is 0 Å². The topological polar surface area (TPSA) is 77.1 Å². The molecule has 122 valence electrons. The molecule has 8 heteroatoms. The van der Waals surface area contributed by atoms with Crippen LogP contribution in [-0.2, 0) is 14.8 Å². The summed E-state index contributed by atoms with van der Waals surface area (Å²) in [6.45, 7) is 2.90. The first-order chi connectivity index (χ1) is 10.5. The number of fused-ring (bicyclic) bond motifs is 1. The first-order valence-electron chi connectivity index (χ1n) is 7.24. The molecule has 1 saturated heterocycles. The van der Waals surface area contributed by atoms with Crippen LogP contribution < -0.4 is 14.2 Å². The van der Waals surface area contributed by atoms with Crippen LogP contribution in [-0.4, -0.2) is 59.5 Å². The number of morpholine rings is 1. The van der Waals surface area contributed by atoms with E-state index in [4.69, 9.17) is 14.2 Å². The van der Waals surface area contributed by atoms with Crippen molar-refractivity contribution in [3.8, 4) is 11.5 Å². The molecule has 0 bridgehead atoms. The molecule has 2 aliphatic rings. The van der Waals surface area contributed by atoms with Crippen molar-refractivity contribution in [2.24, 2.45) is 0 Å². The average molecular weight is 328 g/mol. The Labute approximate surface area is 130 Å². The molecule has 2 aliphatic heterocycles. The fraction of sp³-hybridized carbons (Fsp3) is 0.571. The van der Waals surface area contributed by atoms with Crippen molar-refractivity contribution in [2.75, 3.05) is 40.1 Å². The smallest absolute Gasteiger partial charge is 0.240 e. The number of hydrogen-bond acceptors (Lipinski definition) is 6. The van der Waals surface area contributed by atoms with Gasteiger partial charge in [0.2, 0.25) is 16.8 Å². The fourth-order valence-corrected chi connectivity index (χ4v) is 3.59. The minimum Gasteiger partial charge on any atom is -0.454 e. The normalized spacial score (nSPS) is 22.0. The molecule has 2 heterocycles. The van der Waals surface area contributed by atoms with E-state index < -0.39 is 10.0 Å². The summed E-state index contributed by atoms with van der Waals surface area (Å²) in [5, 5.41) is 0. The number of likely N-dealkylation sites (N-methyl/N-ethyl adjacent to an activating group) is 1. The van der Waals surface area contributed by atoms with Crippen LogP contribution in [0.15, 0.2) is 23.1 Å². The Bertz CT molecular complexity index is 634. The number of nitrogens with zero attached hydrogens (tertiary/aromatic N) is 1. The molecular formula is C14H20N2O5S. The number of nitrogens with one attached hydrogen (secondary N) is 1. The second-order valence-corrected chi connectivity index (χ2v) is 7.22. The first kappa shape index (κ1) is 15.5. The summed E-state index contributed by atoms with van der Waals surface area (Å²) in [5.41, 5.74) is 0. The maximum absolute atomic E-state index is 12.3. The molecule has 22 heavy (non-hydrogen) atoms. The van der Waals surface area contributed by atoms with Crippen LogP contribution in [0, 0.1) is 0 Å². The third-order valence-corrected chi connectivity index (χ3v) is 5.21. The molecular weight excluding hydrogens is 308 g/mol. The van der Waals surface area contributed by atoms with Gasteiger partial charge in [0.1, 0.15) is 0 Å². The van der Waals surface area contributed by atoms with E-state index in [-0.39, 0.29) is 17.8 Å². The van der Waals surface area contributed by atoms with Gasteiger partial charge in [0.25, 0.3) is 0 Å². The van der Waals surface area contributed by atoms with E-state index >= 15 is 0 Å². The monoisotopic (exact) mass is 328 g/mol. The standard InChI is InChI=1S/C14H20N2O5S/c1-16-6-7-19-11(9-16)4-5-15-22(17,18)12-2-3-13-14(8-12)21-10-20-13/h2-3,8,11,15H,4-7,9-10H2,1H3. The quantitative estimate of drug-likeness (QED) is 0.844. The van der Waals surface area contributed by atoms with Gasteiger partial charge in [-0.1, -0.05) is 0 Å². The van der Waals surface area contributed by atoms with Crippen molar-refractivity contribution in [3.05, 3.63) is 18.2 Å². The predicted molar refractivity (Wildman–Crippen MR) is 79.6 cm³/mol. The lowest BCUT2D eigenvalue weighted by atomic mass is 10.2. The Morgan fingerprint density at radius 2 is 2.14 bits per heavy atom. The van der Waals surface area contributed by atoms with Crippen LogP contribution >= 0.6 is 0 Å². The van der Waals surface area contributed by atoms with E-state index in [0.29, 0.717) is 31.1 Å². The third-order valence-electron chi connectivity index (χ3n) is 3.75. The largest absolute Gasteiger partial charge is 0.454 e. The van der Waals surface area contributed by atoms with Crippen molar-refractivity contribution in [1.82, 2.24) is 9.62 Å².